The molecule has 3 N–H and O–H groups in total. The van der Waals surface area contributed by atoms with E-state index in [1.54, 1.807) is 0 Å². The first-order chi connectivity index (χ1) is 6.63. The molecule has 0 aromatic carbocycles. The maximum atomic E-state index is 10.0. The number of carboxylic acids is 1. The van der Waals surface area contributed by atoms with Crippen LogP contribution in [0.1, 0.15) is 41.0 Å². The fourth-order valence-corrected chi connectivity index (χ4v) is 0.829. The fourth-order valence-electron chi connectivity index (χ4n) is 0.829. The van der Waals surface area contributed by atoms with Gasteiger partial charge >= 0.3 is 45.9 Å². The summed E-state index contributed by atoms with van der Waals surface area (Å²) >= 11 is 0. The Morgan fingerprint density at radius 1 is 1.25 bits per heavy atom. The van der Waals surface area contributed by atoms with Crippen LogP contribution in [0.25, 0.3) is 0 Å². The molecule has 0 heterocycles. The van der Waals surface area contributed by atoms with Crippen LogP contribution in [0.4, 0.5) is 0 Å². The molecule has 0 bridgehead atoms. The molecule has 0 atom stereocenters. The van der Waals surface area contributed by atoms with Crippen molar-refractivity contribution in [2.24, 2.45) is 5.92 Å². The van der Waals surface area contributed by atoms with E-state index in [4.69, 9.17) is 22.6 Å². The minimum Gasteiger partial charge on any atom is -1.00 e. The molecular formula is C8H19NaO6S. The van der Waals surface area contributed by atoms with Crippen molar-refractivity contribution in [1.82, 2.24) is 0 Å². The van der Waals surface area contributed by atoms with E-state index in [0.29, 0.717) is 12.3 Å². The summed E-state index contributed by atoms with van der Waals surface area (Å²) in [5.74, 6) is 0.0255. The molecule has 8 heteroatoms. The molecule has 0 fully saturated rings. The second-order valence-electron chi connectivity index (χ2n) is 3.48. The molecule has 0 radical (unpaired) electrons. The van der Waals surface area contributed by atoms with Crippen LogP contribution in [-0.2, 0) is 15.2 Å². The molecule has 0 aromatic heterocycles. The molecule has 0 saturated carbocycles. The molecule has 6 nitrogen and oxygen atoms in total. The Morgan fingerprint density at radius 3 is 1.88 bits per heavy atom. The van der Waals surface area contributed by atoms with E-state index in [9.17, 15) is 4.79 Å². The summed E-state index contributed by atoms with van der Waals surface area (Å²) in [4.78, 5) is 10.0. The van der Waals surface area contributed by atoms with Crippen LogP contribution in [0.5, 0.6) is 0 Å². The summed E-state index contributed by atoms with van der Waals surface area (Å²) in [5, 5.41) is 8.28. The van der Waals surface area contributed by atoms with Gasteiger partial charge in [-0.25, -0.2) is 0 Å². The number of rotatable bonds is 5. The molecule has 0 amide bonds. The maximum absolute atomic E-state index is 10.0. The van der Waals surface area contributed by atoms with Gasteiger partial charge < -0.3 is 6.53 Å². The second kappa shape index (κ2) is 11.8. The summed E-state index contributed by atoms with van der Waals surface area (Å²) in [7, 11) is -4.67. The predicted octanol–water partition coefficient (Wildman–Crippen LogP) is -1.25. The normalized spacial score (nSPS) is 10.1. The third-order valence-electron chi connectivity index (χ3n) is 1.42. The Balaban J connectivity index is -0.000000105. The van der Waals surface area contributed by atoms with Gasteiger partial charge in [-0.15, -0.1) is 0 Å². The predicted molar refractivity (Wildman–Crippen MR) is 56.2 cm³/mol. The summed E-state index contributed by atoms with van der Waals surface area (Å²) in [5.41, 5.74) is 0. The standard InChI is InChI=1S/C8H16O2.Na.H2O4S.H/c1-7(2)5-3-4-6-8(9)10;;1-5(2,3)4;/h7H,3-6H2,1-2H3,(H,9,10);;(H2,1,2,3,4);/q;+1;;-1. The van der Waals surface area contributed by atoms with Gasteiger partial charge in [0.15, 0.2) is 0 Å². The number of carbonyl (C=O) groups is 1. The zero-order valence-electron chi connectivity index (χ0n) is 10.9. The van der Waals surface area contributed by atoms with Crippen molar-refractivity contribution in [2.45, 2.75) is 39.5 Å². The van der Waals surface area contributed by atoms with Gasteiger partial charge in [0.1, 0.15) is 0 Å². The molecule has 0 unspecified atom stereocenters. The Hall–Kier alpha value is 0.340. The number of carboxylic acid groups (broad SMARTS) is 1. The Bertz CT molecular complexity index is 259. The summed E-state index contributed by atoms with van der Waals surface area (Å²) < 4.78 is 31.6. The first-order valence-corrected chi connectivity index (χ1v) is 5.94. The Kier molecular flexibility index (Phi) is 16.0. The average Bonchev–Trinajstić information content (AvgIpc) is 1.94. The van der Waals surface area contributed by atoms with Gasteiger partial charge in [0.2, 0.25) is 0 Å². The molecule has 0 aliphatic carbocycles. The quantitative estimate of drug-likeness (QED) is 0.326. The summed E-state index contributed by atoms with van der Waals surface area (Å²) in [6.07, 6.45) is 3.34. The first kappa shape index (κ1) is 21.6. The van der Waals surface area contributed by atoms with Gasteiger partial charge in [0, 0.05) is 6.42 Å². The van der Waals surface area contributed by atoms with Crippen molar-refractivity contribution < 1.29 is 58.4 Å². The van der Waals surface area contributed by atoms with Crippen molar-refractivity contribution in [1.29, 1.82) is 0 Å². The van der Waals surface area contributed by atoms with Crippen molar-refractivity contribution >= 4 is 16.4 Å². The minimum atomic E-state index is -4.67. The number of unbranched alkanes of at least 4 members (excludes halogenated alkanes) is 1. The Labute approximate surface area is 120 Å². The van der Waals surface area contributed by atoms with Gasteiger partial charge in [-0.3, -0.25) is 13.9 Å². The van der Waals surface area contributed by atoms with E-state index in [-0.39, 0.29) is 31.0 Å². The van der Waals surface area contributed by atoms with E-state index in [1.165, 1.54) is 0 Å². The van der Waals surface area contributed by atoms with Crippen molar-refractivity contribution in [3.8, 4) is 0 Å². The fraction of sp³-hybridized carbons (Fsp3) is 0.875. The summed E-state index contributed by atoms with van der Waals surface area (Å²) in [6, 6.07) is 0. The van der Waals surface area contributed by atoms with Crippen molar-refractivity contribution in [3.05, 3.63) is 0 Å². The SMILES string of the molecule is CC(C)CCCCC(=O)O.O=S(=O)(O)O.[H-].[Na+]. The molecule has 0 spiro atoms. The van der Waals surface area contributed by atoms with Gasteiger partial charge in [-0.1, -0.05) is 26.7 Å². The third kappa shape index (κ3) is 47.4. The van der Waals surface area contributed by atoms with Crippen molar-refractivity contribution in [3.63, 3.8) is 0 Å². The zero-order valence-corrected chi connectivity index (χ0v) is 12.7. The molecule has 94 valence electrons. The van der Waals surface area contributed by atoms with E-state index in [1.807, 2.05) is 0 Å². The molecule has 0 aromatic rings. The molecule has 0 rings (SSSR count). The van der Waals surface area contributed by atoms with Crippen LogP contribution < -0.4 is 29.6 Å². The van der Waals surface area contributed by atoms with E-state index < -0.39 is 16.4 Å². The van der Waals surface area contributed by atoms with E-state index >= 15 is 0 Å². The van der Waals surface area contributed by atoms with Gasteiger partial charge in [-0.05, 0) is 12.3 Å². The first-order valence-electron chi connectivity index (χ1n) is 4.54. The van der Waals surface area contributed by atoms with Crippen LogP contribution in [0.3, 0.4) is 0 Å². The van der Waals surface area contributed by atoms with Crippen LogP contribution in [0, 0.1) is 5.92 Å². The largest absolute Gasteiger partial charge is 1.00 e. The maximum Gasteiger partial charge on any atom is 1.00 e. The number of aliphatic carboxylic acids is 1. The number of hydrogen-bond acceptors (Lipinski definition) is 3. The van der Waals surface area contributed by atoms with Gasteiger partial charge in [-0.2, -0.15) is 8.42 Å². The number of hydrogen-bond donors (Lipinski definition) is 3. The minimum absolute atomic E-state index is 0. The molecule has 0 saturated heterocycles. The molecular weight excluding hydrogens is 247 g/mol. The van der Waals surface area contributed by atoms with Gasteiger partial charge in [0.05, 0.1) is 0 Å². The van der Waals surface area contributed by atoms with Crippen LogP contribution >= 0.6 is 0 Å². The van der Waals surface area contributed by atoms with E-state index in [2.05, 4.69) is 13.8 Å². The zero-order chi connectivity index (χ0) is 12.5. The molecule has 0 aliphatic rings. The third-order valence-corrected chi connectivity index (χ3v) is 1.42. The molecule has 16 heavy (non-hydrogen) atoms. The smallest absolute Gasteiger partial charge is 1.00 e. The van der Waals surface area contributed by atoms with Crippen LogP contribution in [0.2, 0.25) is 0 Å². The van der Waals surface area contributed by atoms with Crippen LogP contribution in [0.15, 0.2) is 0 Å². The Morgan fingerprint density at radius 2 is 1.62 bits per heavy atom. The van der Waals surface area contributed by atoms with Crippen molar-refractivity contribution in [2.75, 3.05) is 0 Å². The monoisotopic (exact) mass is 266 g/mol. The topological polar surface area (TPSA) is 112 Å². The summed E-state index contributed by atoms with van der Waals surface area (Å²) in [6.45, 7) is 4.31. The van der Waals surface area contributed by atoms with E-state index in [0.717, 1.165) is 19.3 Å². The molecule has 0 aliphatic heterocycles. The second-order valence-corrected chi connectivity index (χ2v) is 4.38. The van der Waals surface area contributed by atoms with Gasteiger partial charge in [0.25, 0.3) is 0 Å². The van der Waals surface area contributed by atoms with Crippen LogP contribution in [-0.4, -0.2) is 28.6 Å². The average molecular weight is 266 g/mol.